The van der Waals surface area contributed by atoms with Crippen LogP contribution in [-0.4, -0.2) is 44.6 Å². The van der Waals surface area contributed by atoms with Crippen molar-refractivity contribution in [1.29, 1.82) is 0 Å². The fraction of sp³-hybridized carbons (Fsp3) is 0.789. The van der Waals surface area contributed by atoms with E-state index in [1.807, 2.05) is 0 Å². The van der Waals surface area contributed by atoms with Crippen molar-refractivity contribution < 1.29 is 29.6 Å². The normalized spacial score (nSPS) is 58.7. The number of carboxylic acids is 1. The maximum atomic E-state index is 12.7. The van der Waals surface area contributed by atoms with Gasteiger partial charge in [-0.1, -0.05) is 6.58 Å². The molecule has 6 nitrogen and oxygen atoms in total. The van der Waals surface area contributed by atoms with E-state index in [9.17, 15) is 24.9 Å². The Morgan fingerprint density at radius 2 is 2.08 bits per heavy atom. The predicted molar refractivity (Wildman–Crippen MR) is 85.3 cm³/mol. The Hall–Kier alpha value is -1.40. The van der Waals surface area contributed by atoms with E-state index in [1.165, 1.54) is 0 Å². The summed E-state index contributed by atoms with van der Waals surface area (Å²) in [5, 5.41) is 31.6. The first kappa shape index (κ1) is 15.8. The minimum absolute atomic E-state index is 0.147. The van der Waals surface area contributed by atoms with Gasteiger partial charge in [0.25, 0.3) is 0 Å². The molecule has 25 heavy (non-hydrogen) atoms. The molecule has 3 N–H and O–H groups in total. The number of ether oxygens (including phenoxy) is 1. The molecule has 1 saturated heterocycles. The average molecular weight is 348 g/mol. The zero-order valence-corrected chi connectivity index (χ0v) is 14.3. The molecule has 5 fully saturated rings. The van der Waals surface area contributed by atoms with Gasteiger partial charge in [0.15, 0.2) is 0 Å². The first-order valence-electron chi connectivity index (χ1n) is 9.14. The summed E-state index contributed by atoms with van der Waals surface area (Å²) in [5.41, 5.74) is -2.82. The molecule has 1 spiro atoms. The van der Waals surface area contributed by atoms with E-state index in [-0.39, 0.29) is 18.3 Å². The minimum Gasteiger partial charge on any atom is -0.481 e. The highest BCUT2D eigenvalue weighted by molar-refractivity contribution is 5.84. The molecule has 136 valence electrons. The summed E-state index contributed by atoms with van der Waals surface area (Å²) < 4.78 is 5.96. The van der Waals surface area contributed by atoms with Crippen LogP contribution in [0, 0.1) is 28.6 Å². The third-order valence-electron chi connectivity index (χ3n) is 8.35. The van der Waals surface area contributed by atoms with Crippen LogP contribution in [0.4, 0.5) is 0 Å². The Labute approximate surface area is 145 Å². The van der Waals surface area contributed by atoms with Crippen molar-refractivity contribution >= 4 is 11.9 Å². The number of rotatable bonds is 1. The lowest BCUT2D eigenvalue weighted by molar-refractivity contribution is -0.163. The lowest BCUT2D eigenvalue weighted by Crippen LogP contribution is -2.51. The lowest BCUT2D eigenvalue weighted by atomic mass is 9.59. The molecule has 4 aliphatic carbocycles. The fourth-order valence-corrected chi connectivity index (χ4v) is 7.77. The van der Waals surface area contributed by atoms with Gasteiger partial charge in [-0.2, -0.15) is 0 Å². The van der Waals surface area contributed by atoms with Gasteiger partial charge in [-0.05, 0) is 50.0 Å². The molecule has 6 heteroatoms. The third kappa shape index (κ3) is 1.48. The molecule has 0 amide bonds. The molecule has 0 aromatic carbocycles. The van der Waals surface area contributed by atoms with E-state index in [1.54, 1.807) is 6.92 Å². The van der Waals surface area contributed by atoms with Gasteiger partial charge in [0.1, 0.15) is 5.60 Å². The molecule has 0 aromatic heterocycles. The molecule has 5 aliphatic rings. The van der Waals surface area contributed by atoms with Crippen molar-refractivity contribution in [2.24, 2.45) is 28.6 Å². The minimum atomic E-state index is -1.00. The Kier molecular flexibility index (Phi) is 2.61. The molecule has 4 saturated carbocycles. The molecule has 5 rings (SSSR count). The second-order valence-corrected chi connectivity index (χ2v) is 9.43. The van der Waals surface area contributed by atoms with E-state index < -0.39 is 45.9 Å². The van der Waals surface area contributed by atoms with Crippen LogP contribution >= 0.6 is 0 Å². The largest absolute Gasteiger partial charge is 0.481 e. The lowest BCUT2D eigenvalue weighted by Gasteiger charge is -2.46. The second-order valence-electron chi connectivity index (χ2n) is 9.43. The van der Waals surface area contributed by atoms with Gasteiger partial charge in [-0.3, -0.25) is 9.59 Å². The second kappa shape index (κ2) is 4.12. The first-order valence-corrected chi connectivity index (χ1v) is 9.14. The monoisotopic (exact) mass is 348 g/mol. The van der Waals surface area contributed by atoms with Crippen LogP contribution < -0.4 is 0 Å². The molecular formula is C19H24O6. The number of carbonyl (C=O) groups excluding carboxylic acids is 1. The van der Waals surface area contributed by atoms with Crippen molar-refractivity contribution in [3.8, 4) is 0 Å². The van der Waals surface area contributed by atoms with Crippen molar-refractivity contribution in [3.05, 3.63) is 12.2 Å². The Balaban J connectivity index is 1.76. The number of aliphatic hydroxyl groups is 2. The molecule has 1 aliphatic heterocycles. The zero-order valence-electron chi connectivity index (χ0n) is 14.3. The summed E-state index contributed by atoms with van der Waals surface area (Å²) in [4.78, 5) is 25.1. The van der Waals surface area contributed by atoms with Crippen molar-refractivity contribution in [2.45, 2.75) is 62.8 Å². The summed E-state index contributed by atoms with van der Waals surface area (Å²) >= 11 is 0. The third-order valence-corrected chi connectivity index (χ3v) is 8.35. The number of hydrogen-bond acceptors (Lipinski definition) is 5. The Bertz CT molecular complexity index is 731. The number of carboxylic acid groups (broad SMARTS) is 1. The summed E-state index contributed by atoms with van der Waals surface area (Å²) in [6.07, 6.45) is 1.85. The van der Waals surface area contributed by atoms with Gasteiger partial charge >= 0.3 is 11.9 Å². The molecule has 0 aromatic rings. The van der Waals surface area contributed by atoms with E-state index in [2.05, 4.69) is 6.58 Å². The average Bonchev–Trinajstić information content (AvgIpc) is 2.88. The summed E-state index contributed by atoms with van der Waals surface area (Å²) in [6, 6.07) is 0. The highest BCUT2D eigenvalue weighted by atomic mass is 16.6. The van der Waals surface area contributed by atoms with Crippen molar-refractivity contribution in [3.63, 3.8) is 0 Å². The van der Waals surface area contributed by atoms with Gasteiger partial charge in [0.2, 0.25) is 0 Å². The fourth-order valence-electron chi connectivity index (χ4n) is 7.77. The van der Waals surface area contributed by atoms with Crippen LogP contribution in [0.3, 0.4) is 0 Å². The topological polar surface area (TPSA) is 104 Å². The van der Waals surface area contributed by atoms with E-state index in [0.717, 1.165) is 0 Å². The van der Waals surface area contributed by atoms with Gasteiger partial charge in [0.05, 0.1) is 23.0 Å². The van der Waals surface area contributed by atoms with Gasteiger partial charge in [-0.15, -0.1) is 0 Å². The van der Waals surface area contributed by atoms with Crippen LogP contribution in [0.15, 0.2) is 12.2 Å². The number of carbonyl (C=O) groups is 2. The highest BCUT2D eigenvalue weighted by Gasteiger charge is 2.83. The van der Waals surface area contributed by atoms with Crippen LogP contribution in [0.25, 0.3) is 0 Å². The predicted octanol–water partition coefficient (Wildman–Crippen LogP) is 1.25. The summed E-state index contributed by atoms with van der Waals surface area (Å²) in [6.45, 7) is 5.80. The number of fused-ring (bicyclic) bond motifs is 1. The number of aliphatic hydroxyl groups excluding tert-OH is 1. The summed E-state index contributed by atoms with van der Waals surface area (Å²) in [5.74, 6) is -2.64. The van der Waals surface area contributed by atoms with Crippen LogP contribution in [0.2, 0.25) is 0 Å². The number of esters is 1. The molecule has 0 radical (unpaired) electrons. The van der Waals surface area contributed by atoms with E-state index in [4.69, 9.17) is 4.74 Å². The molecule has 8 atom stereocenters. The summed E-state index contributed by atoms with van der Waals surface area (Å²) in [7, 11) is 0. The van der Waals surface area contributed by atoms with Crippen molar-refractivity contribution in [2.75, 3.05) is 0 Å². The number of aliphatic carboxylic acids is 1. The maximum Gasteiger partial charge on any atom is 0.312 e. The standard InChI is InChI=1S/C19H24O6/c1-9-5-17-8-18(9,24)4-3-11(17)19-7-10(20)6-16(2,15(23)25-19)13(19)12(17)14(21)22/h10-13,20,24H,1,3-8H2,2H3,(H,21,22). The first-order chi connectivity index (χ1) is 11.6. The Morgan fingerprint density at radius 1 is 1.36 bits per heavy atom. The smallest absolute Gasteiger partial charge is 0.312 e. The molecule has 1 heterocycles. The quantitative estimate of drug-likeness (QED) is 0.487. The van der Waals surface area contributed by atoms with Crippen LogP contribution in [-0.2, 0) is 14.3 Å². The molecule has 4 bridgehead atoms. The molecule has 8 unspecified atom stereocenters. The maximum absolute atomic E-state index is 12.7. The number of hydrogen-bond donors (Lipinski definition) is 3. The SMILES string of the molecule is C=C1CC23CC1(O)CCC2C12CC(O)CC(C)(C(=O)O1)C2C3C(=O)O. The van der Waals surface area contributed by atoms with Gasteiger partial charge in [0, 0.05) is 18.3 Å². The van der Waals surface area contributed by atoms with Gasteiger partial charge < -0.3 is 20.1 Å². The van der Waals surface area contributed by atoms with Gasteiger partial charge in [-0.25, -0.2) is 0 Å². The van der Waals surface area contributed by atoms with Crippen LogP contribution in [0.1, 0.15) is 45.4 Å². The van der Waals surface area contributed by atoms with E-state index in [0.29, 0.717) is 37.7 Å². The van der Waals surface area contributed by atoms with E-state index >= 15 is 0 Å². The van der Waals surface area contributed by atoms with Crippen LogP contribution in [0.5, 0.6) is 0 Å². The Morgan fingerprint density at radius 3 is 2.76 bits per heavy atom. The van der Waals surface area contributed by atoms with Crippen molar-refractivity contribution in [1.82, 2.24) is 0 Å². The zero-order chi connectivity index (χ0) is 18.0. The molecular weight excluding hydrogens is 324 g/mol. The highest BCUT2D eigenvalue weighted by Crippen LogP contribution is 2.78.